The van der Waals surface area contributed by atoms with E-state index in [2.05, 4.69) is 20.2 Å². The van der Waals surface area contributed by atoms with Crippen LogP contribution >= 0.6 is 0 Å². The highest BCUT2D eigenvalue weighted by Crippen LogP contribution is 2.45. The van der Waals surface area contributed by atoms with Crippen molar-refractivity contribution in [3.63, 3.8) is 0 Å². The average molecular weight is 440 g/mol. The predicted octanol–water partition coefficient (Wildman–Crippen LogP) is 3.42. The molecule has 0 bridgehead atoms. The van der Waals surface area contributed by atoms with Gasteiger partial charge >= 0.3 is 12.1 Å². The highest BCUT2D eigenvalue weighted by molar-refractivity contribution is 5.92. The van der Waals surface area contributed by atoms with Crippen molar-refractivity contribution in [2.24, 2.45) is 0 Å². The number of rotatable bonds is 3. The number of hydrogen-bond acceptors (Lipinski definition) is 7. The van der Waals surface area contributed by atoms with Gasteiger partial charge in [0.2, 0.25) is 6.39 Å². The van der Waals surface area contributed by atoms with Crippen LogP contribution in [0.15, 0.2) is 35.2 Å². The fourth-order valence-electron chi connectivity index (χ4n) is 3.47. The minimum Gasteiger partial charge on any atom is -0.422 e. The second-order valence-electron chi connectivity index (χ2n) is 6.87. The summed E-state index contributed by atoms with van der Waals surface area (Å²) in [6.45, 7) is 1.32. The Bertz CT molecular complexity index is 1250. The van der Waals surface area contributed by atoms with Gasteiger partial charge in [-0.15, -0.1) is 10.2 Å². The fraction of sp³-hybridized carbons (Fsp3) is 0.333. The van der Waals surface area contributed by atoms with E-state index in [1.807, 2.05) is 0 Å². The summed E-state index contributed by atoms with van der Waals surface area (Å²) >= 11 is 0. The van der Waals surface area contributed by atoms with E-state index in [0.29, 0.717) is 31.7 Å². The highest BCUT2D eigenvalue weighted by Gasteiger charge is 2.60. The first-order valence-corrected chi connectivity index (χ1v) is 9.13. The number of morpholine rings is 1. The molecule has 1 fully saturated rings. The molecule has 0 aromatic carbocycles. The van der Waals surface area contributed by atoms with Gasteiger partial charge < -0.3 is 14.1 Å². The standard InChI is InChI=1S/C18H13F5N6O2/c19-17(20,18(21,22)23)13-7-12(28-3-5-30-6-4-28)10-1-2-14-25-11(16-27-24-9-31-16)8-29(14)15(10)26-13/h1-2,7-9H,3-6H2. The second kappa shape index (κ2) is 6.83. The van der Waals surface area contributed by atoms with Crippen LogP contribution in [0.25, 0.3) is 28.3 Å². The van der Waals surface area contributed by atoms with E-state index in [-0.39, 0.29) is 28.6 Å². The number of fused-ring (bicyclic) bond motifs is 3. The van der Waals surface area contributed by atoms with Gasteiger partial charge in [-0.3, -0.25) is 4.40 Å². The summed E-state index contributed by atoms with van der Waals surface area (Å²) in [5.74, 6) is -5.07. The van der Waals surface area contributed by atoms with Crippen molar-refractivity contribution in [2.75, 3.05) is 31.2 Å². The zero-order valence-electron chi connectivity index (χ0n) is 15.6. The molecule has 0 aliphatic carbocycles. The van der Waals surface area contributed by atoms with Gasteiger partial charge in [-0.1, -0.05) is 0 Å². The van der Waals surface area contributed by atoms with Crippen LogP contribution in [0.5, 0.6) is 0 Å². The maximum atomic E-state index is 14.3. The van der Waals surface area contributed by atoms with Crippen LogP contribution in [0.3, 0.4) is 0 Å². The molecule has 4 aromatic rings. The summed E-state index contributed by atoms with van der Waals surface area (Å²) in [6, 6.07) is 3.99. The largest absolute Gasteiger partial charge is 0.459 e. The van der Waals surface area contributed by atoms with Gasteiger partial charge in [-0.2, -0.15) is 22.0 Å². The molecule has 0 radical (unpaired) electrons. The molecule has 8 nitrogen and oxygen atoms in total. The molecule has 0 saturated carbocycles. The fourth-order valence-corrected chi connectivity index (χ4v) is 3.47. The summed E-state index contributed by atoms with van der Waals surface area (Å²) < 4.78 is 79.6. The zero-order valence-corrected chi connectivity index (χ0v) is 15.6. The molecule has 5 heterocycles. The molecule has 0 N–H and O–H groups in total. The quantitative estimate of drug-likeness (QED) is 0.452. The molecule has 5 rings (SSSR count). The number of hydrogen-bond donors (Lipinski definition) is 0. The molecule has 0 unspecified atom stereocenters. The van der Waals surface area contributed by atoms with Crippen molar-refractivity contribution in [1.29, 1.82) is 0 Å². The predicted molar refractivity (Wildman–Crippen MR) is 96.8 cm³/mol. The number of alkyl halides is 5. The van der Waals surface area contributed by atoms with Gasteiger partial charge in [-0.25, -0.2) is 9.97 Å². The SMILES string of the molecule is FC(F)(F)C(F)(F)c1cc(N2CCOCC2)c2ccc3nc(-c4nnco4)cn3c2n1. The third-order valence-electron chi connectivity index (χ3n) is 4.99. The van der Waals surface area contributed by atoms with E-state index in [9.17, 15) is 22.0 Å². The van der Waals surface area contributed by atoms with Gasteiger partial charge in [0, 0.05) is 30.4 Å². The first kappa shape index (κ1) is 19.6. The zero-order chi connectivity index (χ0) is 21.8. The molecule has 0 amide bonds. The molecule has 0 atom stereocenters. The van der Waals surface area contributed by atoms with Gasteiger partial charge in [0.05, 0.1) is 13.2 Å². The number of nitrogens with zero attached hydrogens (tertiary/aromatic N) is 6. The van der Waals surface area contributed by atoms with Crippen molar-refractivity contribution >= 4 is 22.4 Å². The van der Waals surface area contributed by atoms with Gasteiger partial charge in [0.1, 0.15) is 22.7 Å². The van der Waals surface area contributed by atoms with Crippen LogP contribution in [-0.2, 0) is 10.7 Å². The number of ether oxygens (including phenoxy) is 1. The van der Waals surface area contributed by atoms with Crippen molar-refractivity contribution in [3.8, 4) is 11.6 Å². The minimum atomic E-state index is -5.80. The monoisotopic (exact) mass is 440 g/mol. The number of aromatic nitrogens is 5. The Hall–Kier alpha value is -3.35. The van der Waals surface area contributed by atoms with Crippen molar-refractivity contribution in [1.82, 2.24) is 24.6 Å². The lowest BCUT2D eigenvalue weighted by Gasteiger charge is -2.31. The molecule has 13 heteroatoms. The number of anilines is 1. The first-order chi connectivity index (χ1) is 14.8. The highest BCUT2D eigenvalue weighted by atomic mass is 19.4. The number of pyridine rings is 2. The number of imidazole rings is 1. The Kier molecular flexibility index (Phi) is 4.32. The molecule has 1 aliphatic heterocycles. The molecule has 4 aromatic heterocycles. The Labute approximate surface area is 170 Å². The third kappa shape index (κ3) is 3.15. The van der Waals surface area contributed by atoms with E-state index in [4.69, 9.17) is 9.15 Å². The lowest BCUT2D eigenvalue weighted by Crippen LogP contribution is -2.38. The van der Waals surface area contributed by atoms with E-state index in [1.54, 1.807) is 17.0 Å². The Morgan fingerprint density at radius 2 is 1.77 bits per heavy atom. The Balaban J connectivity index is 1.79. The molecular formula is C18H13F5N6O2. The van der Waals surface area contributed by atoms with Crippen LogP contribution < -0.4 is 4.90 Å². The number of halogens is 5. The van der Waals surface area contributed by atoms with E-state index >= 15 is 0 Å². The molecule has 0 spiro atoms. The van der Waals surface area contributed by atoms with Crippen LogP contribution in [0.4, 0.5) is 27.6 Å². The normalized spacial score (nSPS) is 15.8. The smallest absolute Gasteiger partial charge is 0.422 e. The summed E-state index contributed by atoms with van der Waals surface area (Å²) in [5, 5.41) is 7.69. The Morgan fingerprint density at radius 1 is 1.00 bits per heavy atom. The summed E-state index contributed by atoms with van der Waals surface area (Å²) in [4.78, 5) is 9.69. The minimum absolute atomic E-state index is 0.0713. The van der Waals surface area contributed by atoms with Gasteiger partial charge in [0.25, 0.3) is 5.89 Å². The lowest BCUT2D eigenvalue weighted by molar-refractivity contribution is -0.290. The maximum absolute atomic E-state index is 14.3. The average Bonchev–Trinajstić information content (AvgIpc) is 3.42. The van der Waals surface area contributed by atoms with Crippen molar-refractivity contribution in [3.05, 3.63) is 36.5 Å². The Morgan fingerprint density at radius 3 is 2.45 bits per heavy atom. The van der Waals surface area contributed by atoms with Crippen molar-refractivity contribution in [2.45, 2.75) is 12.1 Å². The summed E-state index contributed by atoms with van der Waals surface area (Å²) in [6.07, 6.45) is -3.31. The van der Waals surface area contributed by atoms with E-state index in [1.165, 1.54) is 10.6 Å². The lowest BCUT2D eigenvalue weighted by atomic mass is 10.1. The summed E-state index contributed by atoms with van der Waals surface area (Å²) in [7, 11) is 0. The van der Waals surface area contributed by atoms with Crippen molar-refractivity contribution < 1.29 is 31.1 Å². The van der Waals surface area contributed by atoms with E-state index in [0.717, 1.165) is 12.5 Å². The van der Waals surface area contributed by atoms with Gasteiger partial charge in [-0.05, 0) is 18.2 Å². The first-order valence-electron chi connectivity index (χ1n) is 9.13. The van der Waals surface area contributed by atoms with Crippen LogP contribution in [0, 0.1) is 0 Å². The van der Waals surface area contributed by atoms with Crippen LogP contribution in [0.2, 0.25) is 0 Å². The maximum Gasteiger partial charge on any atom is 0.459 e. The molecular weight excluding hydrogens is 427 g/mol. The van der Waals surface area contributed by atoms with Gasteiger partial charge in [0.15, 0.2) is 0 Å². The third-order valence-corrected chi connectivity index (χ3v) is 4.99. The topological polar surface area (TPSA) is 81.6 Å². The van der Waals surface area contributed by atoms with Crippen LogP contribution in [-0.4, -0.2) is 57.0 Å². The molecule has 1 saturated heterocycles. The summed E-state index contributed by atoms with van der Waals surface area (Å²) in [5.41, 5.74) is -0.781. The second-order valence-corrected chi connectivity index (χ2v) is 6.87. The molecule has 1 aliphatic rings. The molecule has 162 valence electrons. The van der Waals surface area contributed by atoms with E-state index < -0.39 is 17.8 Å². The molecule has 31 heavy (non-hydrogen) atoms. The van der Waals surface area contributed by atoms with Crippen LogP contribution in [0.1, 0.15) is 5.69 Å².